The van der Waals surface area contributed by atoms with Gasteiger partial charge in [-0.3, -0.25) is 14.3 Å². The summed E-state index contributed by atoms with van der Waals surface area (Å²) in [6.07, 6.45) is 3.47. The van der Waals surface area contributed by atoms with Crippen molar-refractivity contribution in [1.29, 1.82) is 0 Å². The zero-order chi connectivity index (χ0) is 20.1. The van der Waals surface area contributed by atoms with Gasteiger partial charge >= 0.3 is 0 Å². The van der Waals surface area contributed by atoms with Gasteiger partial charge in [-0.2, -0.15) is 0 Å². The number of ether oxygens (including phenoxy) is 1. The Kier molecular flexibility index (Phi) is 6.14. The molecule has 0 spiro atoms. The van der Waals surface area contributed by atoms with Crippen molar-refractivity contribution in [3.05, 3.63) is 48.8 Å². The molecule has 6 nitrogen and oxygen atoms in total. The fraction of sp³-hybridized carbons (Fsp3) is 0.333. The second-order valence-electron chi connectivity index (χ2n) is 7.27. The molecular formula is C21H24N4O2S. The summed E-state index contributed by atoms with van der Waals surface area (Å²) in [5, 5.41) is 9.38. The second-order valence-corrected chi connectivity index (χ2v) is 8.21. The van der Waals surface area contributed by atoms with E-state index in [2.05, 4.69) is 15.2 Å². The van der Waals surface area contributed by atoms with E-state index in [0.717, 1.165) is 17.0 Å². The molecule has 0 N–H and O–H groups in total. The molecule has 2 aromatic heterocycles. The lowest BCUT2D eigenvalue weighted by molar-refractivity contribution is -0.123. The monoisotopic (exact) mass is 396 g/mol. The van der Waals surface area contributed by atoms with Crippen molar-refractivity contribution in [2.75, 3.05) is 12.4 Å². The van der Waals surface area contributed by atoms with E-state index >= 15 is 0 Å². The van der Waals surface area contributed by atoms with Gasteiger partial charge in [0.25, 0.3) is 0 Å². The lowest BCUT2D eigenvalue weighted by Gasteiger charge is -2.16. The number of carbonyl (C=O) groups excluding carboxylic acids is 1. The van der Waals surface area contributed by atoms with Crippen molar-refractivity contribution in [3.63, 3.8) is 0 Å². The second kappa shape index (κ2) is 8.56. The van der Waals surface area contributed by atoms with Crippen LogP contribution in [0.1, 0.15) is 27.7 Å². The fourth-order valence-electron chi connectivity index (χ4n) is 2.48. The largest absolute Gasteiger partial charge is 0.494 e. The Morgan fingerprint density at radius 3 is 2.50 bits per heavy atom. The number of pyridine rings is 1. The van der Waals surface area contributed by atoms with Crippen molar-refractivity contribution >= 4 is 17.5 Å². The maximum absolute atomic E-state index is 12.4. The van der Waals surface area contributed by atoms with Gasteiger partial charge in [-0.05, 0) is 43.3 Å². The molecule has 146 valence electrons. The van der Waals surface area contributed by atoms with E-state index < -0.39 is 0 Å². The molecule has 0 aliphatic rings. The molecule has 0 saturated heterocycles. The van der Waals surface area contributed by atoms with Gasteiger partial charge in [-0.1, -0.05) is 32.5 Å². The molecule has 0 radical (unpaired) electrons. The molecule has 3 aromatic rings. The molecule has 7 heteroatoms. The first kappa shape index (κ1) is 20.1. The van der Waals surface area contributed by atoms with Crippen molar-refractivity contribution in [2.45, 2.75) is 32.9 Å². The van der Waals surface area contributed by atoms with Crippen LogP contribution in [-0.4, -0.2) is 37.9 Å². The van der Waals surface area contributed by atoms with Crippen LogP contribution >= 0.6 is 11.8 Å². The highest BCUT2D eigenvalue weighted by atomic mass is 32.2. The van der Waals surface area contributed by atoms with Crippen molar-refractivity contribution < 1.29 is 9.53 Å². The van der Waals surface area contributed by atoms with Gasteiger partial charge in [0.15, 0.2) is 11.0 Å². The molecule has 0 saturated carbocycles. The standard InChI is InChI=1S/C21H24N4O2S/c1-5-27-17-10-8-16(9-11-17)25-19(15-7-6-12-22-13-15)23-24-20(25)28-14-18(26)21(2,3)4/h6-13H,5,14H2,1-4H3. The molecule has 2 heterocycles. The van der Waals surface area contributed by atoms with Crippen LogP contribution in [0.25, 0.3) is 17.1 Å². The summed E-state index contributed by atoms with van der Waals surface area (Å²) >= 11 is 1.39. The van der Waals surface area contributed by atoms with E-state index in [4.69, 9.17) is 4.74 Å². The number of Topliss-reactive ketones (excluding diaryl/α,β-unsaturated/α-hetero) is 1. The Bertz CT molecular complexity index is 931. The molecule has 3 rings (SSSR count). The third-order valence-electron chi connectivity index (χ3n) is 4.13. The summed E-state index contributed by atoms with van der Waals surface area (Å²) in [6.45, 7) is 8.34. The topological polar surface area (TPSA) is 69.9 Å². The Labute approximate surface area is 169 Å². The van der Waals surface area contributed by atoms with Gasteiger partial charge in [0.1, 0.15) is 11.5 Å². The summed E-state index contributed by atoms with van der Waals surface area (Å²) in [5.41, 5.74) is 1.37. The third kappa shape index (κ3) is 4.59. The van der Waals surface area contributed by atoms with Crippen LogP contribution in [-0.2, 0) is 4.79 Å². The van der Waals surface area contributed by atoms with E-state index in [-0.39, 0.29) is 11.2 Å². The Morgan fingerprint density at radius 2 is 1.89 bits per heavy atom. The molecule has 0 unspecified atom stereocenters. The molecule has 28 heavy (non-hydrogen) atoms. The molecule has 1 aromatic carbocycles. The molecule has 0 aliphatic heterocycles. The summed E-state index contributed by atoms with van der Waals surface area (Å²) in [6, 6.07) is 11.6. The first-order chi connectivity index (χ1) is 13.4. The Morgan fingerprint density at radius 1 is 1.14 bits per heavy atom. The van der Waals surface area contributed by atoms with E-state index in [9.17, 15) is 4.79 Å². The number of nitrogens with zero attached hydrogens (tertiary/aromatic N) is 4. The average Bonchev–Trinajstić information content (AvgIpc) is 3.11. The zero-order valence-corrected chi connectivity index (χ0v) is 17.4. The van der Waals surface area contributed by atoms with E-state index in [1.165, 1.54) is 11.8 Å². The number of carbonyl (C=O) groups is 1. The normalized spacial score (nSPS) is 11.4. The molecule has 0 atom stereocenters. The number of hydrogen-bond acceptors (Lipinski definition) is 6. The summed E-state index contributed by atoms with van der Waals surface area (Å²) in [7, 11) is 0. The highest BCUT2D eigenvalue weighted by molar-refractivity contribution is 7.99. The van der Waals surface area contributed by atoms with Crippen LogP contribution < -0.4 is 4.74 Å². The number of hydrogen-bond donors (Lipinski definition) is 0. The van der Waals surface area contributed by atoms with E-state index in [1.54, 1.807) is 12.4 Å². The lowest BCUT2D eigenvalue weighted by atomic mass is 9.92. The predicted molar refractivity (Wildman–Crippen MR) is 111 cm³/mol. The SMILES string of the molecule is CCOc1ccc(-n2c(SCC(=O)C(C)(C)C)nnc2-c2cccnc2)cc1. The minimum Gasteiger partial charge on any atom is -0.494 e. The highest BCUT2D eigenvalue weighted by Crippen LogP contribution is 2.30. The molecule has 0 bridgehead atoms. The summed E-state index contributed by atoms with van der Waals surface area (Å²) < 4.78 is 7.49. The number of aromatic nitrogens is 4. The summed E-state index contributed by atoms with van der Waals surface area (Å²) in [4.78, 5) is 16.6. The summed E-state index contributed by atoms with van der Waals surface area (Å²) in [5.74, 6) is 2.00. The van der Waals surface area contributed by atoms with E-state index in [0.29, 0.717) is 23.3 Å². The van der Waals surface area contributed by atoms with Crippen LogP contribution in [0.15, 0.2) is 53.9 Å². The first-order valence-electron chi connectivity index (χ1n) is 9.15. The smallest absolute Gasteiger partial charge is 0.196 e. The zero-order valence-electron chi connectivity index (χ0n) is 16.5. The van der Waals surface area contributed by atoms with Crippen molar-refractivity contribution in [2.24, 2.45) is 5.41 Å². The third-order valence-corrected chi connectivity index (χ3v) is 5.06. The van der Waals surface area contributed by atoms with Crippen molar-refractivity contribution in [3.8, 4) is 22.8 Å². The molecular weight excluding hydrogens is 372 g/mol. The van der Waals surface area contributed by atoms with E-state index in [1.807, 2.05) is 68.7 Å². The number of rotatable bonds is 7. The minimum absolute atomic E-state index is 0.168. The Hall–Kier alpha value is -2.67. The van der Waals surface area contributed by atoms with Gasteiger partial charge in [0.2, 0.25) is 0 Å². The fourth-order valence-corrected chi connectivity index (χ4v) is 3.60. The van der Waals surface area contributed by atoms with Gasteiger partial charge in [0.05, 0.1) is 12.4 Å². The first-order valence-corrected chi connectivity index (χ1v) is 10.1. The van der Waals surface area contributed by atoms with Crippen LogP contribution in [0.4, 0.5) is 0 Å². The molecule has 0 fully saturated rings. The van der Waals surface area contributed by atoms with Crippen LogP contribution in [0.2, 0.25) is 0 Å². The van der Waals surface area contributed by atoms with Gasteiger partial charge in [-0.25, -0.2) is 0 Å². The maximum Gasteiger partial charge on any atom is 0.196 e. The quantitative estimate of drug-likeness (QED) is 0.550. The van der Waals surface area contributed by atoms with Crippen LogP contribution in [0, 0.1) is 5.41 Å². The molecule has 0 amide bonds. The number of thioether (sulfide) groups is 1. The highest BCUT2D eigenvalue weighted by Gasteiger charge is 2.23. The lowest BCUT2D eigenvalue weighted by Crippen LogP contribution is -2.22. The van der Waals surface area contributed by atoms with Crippen molar-refractivity contribution in [1.82, 2.24) is 19.7 Å². The maximum atomic E-state index is 12.4. The van der Waals surface area contributed by atoms with Gasteiger partial charge in [-0.15, -0.1) is 10.2 Å². The van der Waals surface area contributed by atoms with Crippen LogP contribution in [0.5, 0.6) is 5.75 Å². The number of ketones is 1. The minimum atomic E-state index is -0.386. The van der Waals surface area contributed by atoms with Crippen LogP contribution in [0.3, 0.4) is 0 Å². The van der Waals surface area contributed by atoms with Gasteiger partial charge < -0.3 is 4.74 Å². The molecule has 0 aliphatic carbocycles. The predicted octanol–water partition coefficient (Wildman–Crippen LogP) is 4.44. The average molecular weight is 397 g/mol. The Balaban J connectivity index is 1.98. The van der Waals surface area contributed by atoms with Gasteiger partial charge in [0, 0.05) is 29.1 Å². The number of benzene rings is 1.